The average Bonchev–Trinajstić information content (AvgIpc) is 2.14. The van der Waals surface area contributed by atoms with Crippen molar-refractivity contribution in [2.24, 2.45) is 0 Å². The molecule has 17 heavy (non-hydrogen) atoms. The van der Waals surface area contributed by atoms with Crippen molar-refractivity contribution in [2.45, 2.75) is 33.7 Å². The summed E-state index contributed by atoms with van der Waals surface area (Å²) in [4.78, 5) is 22.7. The minimum absolute atomic E-state index is 0.0556. The summed E-state index contributed by atoms with van der Waals surface area (Å²) >= 11 is 0. The van der Waals surface area contributed by atoms with Gasteiger partial charge in [-0.25, -0.2) is 4.79 Å². The molecule has 0 saturated heterocycles. The highest BCUT2D eigenvalue weighted by molar-refractivity contribution is 5.85. The van der Waals surface area contributed by atoms with Gasteiger partial charge in [-0.3, -0.25) is 4.79 Å². The van der Waals surface area contributed by atoms with Gasteiger partial charge in [-0.05, 0) is 45.4 Å². The molecule has 0 aliphatic carbocycles. The Bertz CT molecular complexity index is 524. The van der Waals surface area contributed by atoms with E-state index in [0.717, 1.165) is 17.3 Å². The first-order chi connectivity index (χ1) is 7.84. The lowest BCUT2D eigenvalue weighted by Gasteiger charge is -2.16. The highest BCUT2D eigenvalue weighted by atomic mass is 16.4. The molecule has 0 fully saturated rings. The maximum absolute atomic E-state index is 12.2. The predicted octanol–water partition coefficient (Wildman–Crippen LogP) is 2.14. The lowest BCUT2D eigenvalue weighted by Crippen LogP contribution is -2.26. The summed E-state index contributed by atoms with van der Waals surface area (Å²) in [6, 6.07) is 1.95. The van der Waals surface area contributed by atoms with Crippen molar-refractivity contribution in [3.8, 4) is 0 Å². The van der Waals surface area contributed by atoms with Crippen LogP contribution < -0.4 is 5.56 Å². The van der Waals surface area contributed by atoms with Gasteiger partial charge in [0.1, 0.15) is 0 Å². The minimum atomic E-state index is -1.06. The van der Waals surface area contributed by atoms with E-state index in [9.17, 15) is 9.59 Å². The number of carbonyl (C=O) groups is 1. The lowest BCUT2D eigenvalue weighted by molar-refractivity contribution is -0.131. The van der Waals surface area contributed by atoms with E-state index >= 15 is 0 Å². The number of aryl methyl sites for hydroxylation is 2. The Labute approximate surface area is 100 Å². The zero-order chi connectivity index (χ0) is 13.2. The summed E-state index contributed by atoms with van der Waals surface area (Å²) in [6.07, 6.45) is 2.35. The van der Waals surface area contributed by atoms with Crippen molar-refractivity contribution >= 4 is 12.0 Å². The SMILES string of the molecule is Cc1cc(C)n(C(C)C)c(=O)c1/C=C/C(=O)O. The molecule has 92 valence electrons. The normalized spacial score (nSPS) is 11.4. The molecule has 0 aliphatic heterocycles. The first-order valence-corrected chi connectivity index (χ1v) is 5.48. The Morgan fingerprint density at radius 3 is 2.47 bits per heavy atom. The molecule has 0 amide bonds. The maximum Gasteiger partial charge on any atom is 0.328 e. The second-order valence-corrected chi connectivity index (χ2v) is 4.32. The Kier molecular flexibility index (Phi) is 3.89. The Morgan fingerprint density at radius 2 is 2.00 bits per heavy atom. The van der Waals surface area contributed by atoms with Crippen LogP contribution in [0.25, 0.3) is 6.08 Å². The number of rotatable bonds is 3. The van der Waals surface area contributed by atoms with Gasteiger partial charge in [0.15, 0.2) is 0 Å². The largest absolute Gasteiger partial charge is 0.478 e. The number of carboxylic acids is 1. The molecule has 4 heteroatoms. The third-order valence-electron chi connectivity index (χ3n) is 2.59. The number of hydrogen-bond acceptors (Lipinski definition) is 2. The molecular weight excluding hydrogens is 218 g/mol. The van der Waals surface area contributed by atoms with E-state index in [1.807, 2.05) is 26.8 Å². The van der Waals surface area contributed by atoms with E-state index < -0.39 is 5.97 Å². The van der Waals surface area contributed by atoms with Crippen LogP contribution in [0.1, 0.15) is 36.7 Å². The molecule has 4 nitrogen and oxygen atoms in total. The fourth-order valence-corrected chi connectivity index (χ4v) is 1.92. The average molecular weight is 235 g/mol. The van der Waals surface area contributed by atoms with Crippen molar-refractivity contribution in [3.05, 3.63) is 39.3 Å². The van der Waals surface area contributed by atoms with E-state index in [2.05, 4.69) is 0 Å². The minimum Gasteiger partial charge on any atom is -0.478 e. The summed E-state index contributed by atoms with van der Waals surface area (Å²) in [7, 11) is 0. The molecule has 0 spiro atoms. The summed E-state index contributed by atoms with van der Waals surface area (Å²) in [5.41, 5.74) is 1.97. The zero-order valence-corrected chi connectivity index (χ0v) is 10.5. The van der Waals surface area contributed by atoms with Gasteiger partial charge in [0.25, 0.3) is 5.56 Å². The van der Waals surface area contributed by atoms with Gasteiger partial charge >= 0.3 is 5.97 Å². The quantitative estimate of drug-likeness (QED) is 0.816. The van der Waals surface area contributed by atoms with Crippen molar-refractivity contribution in [2.75, 3.05) is 0 Å². The fraction of sp³-hybridized carbons (Fsp3) is 0.385. The van der Waals surface area contributed by atoms with Crippen LogP contribution in [0.15, 0.2) is 16.9 Å². The van der Waals surface area contributed by atoms with Crippen molar-refractivity contribution < 1.29 is 9.90 Å². The van der Waals surface area contributed by atoms with Crippen LogP contribution >= 0.6 is 0 Å². The van der Waals surface area contributed by atoms with Gasteiger partial charge in [0, 0.05) is 23.4 Å². The Hall–Kier alpha value is -1.84. The molecule has 0 aromatic carbocycles. The first kappa shape index (κ1) is 13.2. The fourth-order valence-electron chi connectivity index (χ4n) is 1.92. The van der Waals surface area contributed by atoms with Gasteiger partial charge in [0.2, 0.25) is 0 Å². The molecule has 1 aromatic heterocycles. The third kappa shape index (κ3) is 2.84. The molecule has 0 aliphatic rings. The topological polar surface area (TPSA) is 59.3 Å². The van der Waals surface area contributed by atoms with Crippen molar-refractivity contribution in [3.63, 3.8) is 0 Å². The third-order valence-corrected chi connectivity index (χ3v) is 2.59. The molecule has 1 aromatic rings. The molecule has 0 unspecified atom stereocenters. The Morgan fingerprint density at radius 1 is 1.41 bits per heavy atom. The first-order valence-electron chi connectivity index (χ1n) is 5.48. The number of pyridine rings is 1. The maximum atomic E-state index is 12.2. The predicted molar refractivity (Wildman–Crippen MR) is 67.2 cm³/mol. The van der Waals surface area contributed by atoms with Crippen molar-refractivity contribution in [1.82, 2.24) is 4.57 Å². The molecule has 0 bridgehead atoms. The van der Waals surface area contributed by atoms with E-state index in [0.29, 0.717) is 5.56 Å². The van der Waals surface area contributed by atoms with Gasteiger partial charge in [-0.1, -0.05) is 0 Å². The molecule has 1 rings (SSSR count). The van der Waals surface area contributed by atoms with Crippen LogP contribution in [0.3, 0.4) is 0 Å². The molecule has 0 radical (unpaired) electrons. The number of nitrogens with zero attached hydrogens (tertiary/aromatic N) is 1. The van der Waals surface area contributed by atoms with E-state index in [4.69, 9.17) is 5.11 Å². The number of carboxylic acid groups (broad SMARTS) is 1. The van der Waals surface area contributed by atoms with Crippen molar-refractivity contribution in [1.29, 1.82) is 0 Å². The second kappa shape index (κ2) is 4.99. The van der Waals surface area contributed by atoms with Gasteiger partial charge in [-0.15, -0.1) is 0 Å². The number of aliphatic carboxylic acids is 1. The summed E-state index contributed by atoms with van der Waals surface area (Å²) in [5.74, 6) is -1.06. The molecule has 0 atom stereocenters. The molecule has 1 N–H and O–H groups in total. The zero-order valence-electron chi connectivity index (χ0n) is 10.5. The highest BCUT2D eigenvalue weighted by Gasteiger charge is 2.10. The van der Waals surface area contributed by atoms with Gasteiger partial charge < -0.3 is 9.67 Å². The van der Waals surface area contributed by atoms with Crippen LogP contribution in [0.5, 0.6) is 0 Å². The van der Waals surface area contributed by atoms with E-state index in [1.165, 1.54) is 6.08 Å². The standard InChI is InChI=1S/C13H17NO3/c1-8(2)14-10(4)7-9(3)11(13(14)17)5-6-12(15)16/h5-8H,1-4H3,(H,15,16)/b6-5+. The van der Waals surface area contributed by atoms with Gasteiger partial charge in [0.05, 0.1) is 0 Å². The van der Waals surface area contributed by atoms with E-state index in [-0.39, 0.29) is 11.6 Å². The monoisotopic (exact) mass is 235 g/mol. The van der Waals surface area contributed by atoms with Crippen LogP contribution in [-0.4, -0.2) is 15.6 Å². The summed E-state index contributed by atoms with van der Waals surface area (Å²) < 4.78 is 1.66. The highest BCUT2D eigenvalue weighted by Crippen LogP contribution is 2.12. The lowest BCUT2D eigenvalue weighted by atomic mass is 10.1. The smallest absolute Gasteiger partial charge is 0.328 e. The Balaban J connectivity index is 3.46. The van der Waals surface area contributed by atoms with Crippen LogP contribution in [0, 0.1) is 13.8 Å². The second-order valence-electron chi connectivity index (χ2n) is 4.32. The van der Waals surface area contributed by atoms with Crippen LogP contribution in [0.4, 0.5) is 0 Å². The summed E-state index contributed by atoms with van der Waals surface area (Å²) in [6.45, 7) is 7.53. The van der Waals surface area contributed by atoms with Crippen LogP contribution in [-0.2, 0) is 4.79 Å². The summed E-state index contributed by atoms with van der Waals surface area (Å²) in [5, 5.41) is 8.59. The van der Waals surface area contributed by atoms with Gasteiger partial charge in [-0.2, -0.15) is 0 Å². The molecule has 1 heterocycles. The number of aromatic nitrogens is 1. The number of hydrogen-bond donors (Lipinski definition) is 1. The van der Waals surface area contributed by atoms with Crippen LogP contribution in [0.2, 0.25) is 0 Å². The molecular formula is C13H17NO3. The molecule has 0 saturated carbocycles. The van der Waals surface area contributed by atoms with E-state index in [1.54, 1.807) is 11.5 Å².